The van der Waals surface area contributed by atoms with Crippen LogP contribution in [0.1, 0.15) is 28.8 Å². The smallest absolute Gasteiger partial charge is 0.322 e. The summed E-state index contributed by atoms with van der Waals surface area (Å²) in [4.78, 5) is 22.4. The van der Waals surface area contributed by atoms with Crippen LogP contribution in [0.25, 0.3) is 6.08 Å². The number of urea groups is 1. The normalized spacial score (nSPS) is 17.2. The molecule has 36 heavy (non-hydrogen) atoms. The van der Waals surface area contributed by atoms with Crippen molar-refractivity contribution in [3.8, 4) is 0 Å². The number of thiazole rings is 1. The predicted molar refractivity (Wildman–Crippen MR) is 151 cm³/mol. The van der Waals surface area contributed by atoms with Gasteiger partial charge in [0.25, 0.3) is 0 Å². The average Bonchev–Trinajstić information content (AvgIpc) is 3.44. The van der Waals surface area contributed by atoms with Crippen molar-refractivity contribution in [2.75, 3.05) is 31.1 Å². The highest BCUT2D eigenvalue weighted by Gasteiger charge is 2.48. The fourth-order valence-electron chi connectivity index (χ4n) is 5.02. The summed E-state index contributed by atoms with van der Waals surface area (Å²) >= 11 is 26.4. The van der Waals surface area contributed by atoms with E-state index in [-0.39, 0.29) is 11.4 Å². The van der Waals surface area contributed by atoms with E-state index in [0.717, 1.165) is 59.2 Å². The topological polar surface area (TPSA) is 48.5 Å². The maximum absolute atomic E-state index is 13.2. The zero-order valence-corrected chi connectivity index (χ0v) is 23.2. The number of amides is 2. The molecule has 5 nitrogen and oxygen atoms in total. The second-order valence-electron chi connectivity index (χ2n) is 9.11. The van der Waals surface area contributed by atoms with Gasteiger partial charge in [-0.25, -0.2) is 9.78 Å². The molecule has 2 aliphatic rings. The van der Waals surface area contributed by atoms with Gasteiger partial charge in [0.05, 0.1) is 22.3 Å². The van der Waals surface area contributed by atoms with E-state index in [1.165, 1.54) is 11.3 Å². The third kappa shape index (κ3) is 5.40. The van der Waals surface area contributed by atoms with Crippen LogP contribution in [-0.4, -0.2) is 42.1 Å². The first-order valence-electron chi connectivity index (χ1n) is 11.6. The van der Waals surface area contributed by atoms with E-state index < -0.39 is 0 Å². The van der Waals surface area contributed by atoms with Gasteiger partial charge in [-0.3, -0.25) is 9.80 Å². The van der Waals surface area contributed by atoms with Crippen LogP contribution in [0.2, 0.25) is 19.5 Å². The minimum absolute atomic E-state index is 0.163. The lowest BCUT2D eigenvalue weighted by atomic mass is 9.74. The molecule has 2 amide bonds. The van der Waals surface area contributed by atoms with Gasteiger partial charge in [0.15, 0.2) is 4.47 Å². The molecule has 2 aliphatic heterocycles. The molecule has 0 unspecified atom stereocenters. The van der Waals surface area contributed by atoms with E-state index in [9.17, 15) is 4.79 Å². The second kappa shape index (κ2) is 10.9. The molecule has 0 aliphatic carbocycles. The fraction of sp³-hybridized carbons (Fsp3) is 0.308. The molecule has 0 radical (unpaired) electrons. The summed E-state index contributed by atoms with van der Waals surface area (Å²) in [6.07, 6.45) is 7.76. The van der Waals surface area contributed by atoms with Crippen molar-refractivity contribution in [3.63, 3.8) is 0 Å². The number of nitrogens with one attached hydrogen (secondary N) is 1. The van der Waals surface area contributed by atoms with Gasteiger partial charge >= 0.3 is 6.03 Å². The molecular weight excluding hydrogens is 558 g/mol. The molecule has 1 fully saturated rings. The number of benzene rings is 2. The van der Waals surface area contributed by atoms with E-state index in [1.54, 1.807) is 17.2 Å². The Morgan fingerprint density at radius 1 is 1.08 bits per heavy atom. The molecule has 1 N–H and O–H groups in total. The summed E-state index contributed by atoms with van der Waals surface area (Å²) < 4.78 is 0.459. The van der Waals surface area contributed by atoms with Crippen LogP contribution in [0, 0.1) is 0 Å². The highest BCUT2D eigenvalue weighted by Crippen LogP contribution is 2.51. The first-order valence-corrected chi connectivity index (χ1v) is 14.0. The van der Waals surface area contributed by atoms with Crippen molar-refractivity contribution < 1.29 is 4.79 Å². The van der Waals surface area contributed by atoms with Gasteiger partial charge < -0.3 is 5.32 Å². The third-order valence-electron chi connectivity index (χ3n) is 6.90. The van der Waals surface area contributed by atoms with E-state index >= 15 is 0 Å². The molecule has 1 saturated heterocycles. The summed E-state index contributed by atoms with van der Waals surface area (Å²) in [5.41, 5.74) is 2.73. The van der Waals surface area contributed by atoms with Gasteiger partial charge in [0.1, 0.15) is 0 Å². The molecule has 5 rings (SSSR count). The maximum atomic E-state index is 13.2. The second-order valence-corrected chi connectivity index (χ2v) is 12.0. The predicted octanol–water partition coefficient (Wildman–Crippen LogP) is 7.53. The Bertz CT molecular complexity index is 1290. The zero-order valence-electron chi connectivity index (χ0n) is 19.3. The van der Waals surface area contributed by atoms with Crippen LogP contribution in [0.5, 0.6) is 0 Å². The van der Waals surface area contributed by atoms with Gasteiger partial charge in [0, 0.05) is 40.2 Å². The van der Waals surface area contributed by atoms with Crippen molar-refractivity contribution >= 4 is 75.5 Å². The molecule has 188 valence electrons. The summed E-state index contributed by atoms with van der Waals surface area (Å²) in [6, 6.07) is 11.3. The van der Waals surface area contributed by atoms with Crippen molar-refractivity contribution in [2.24, 2.45) is 0 Å². The molecule has 3 heterocycles. The van der Waals surface area contributed by atoms with Crippen LogP contribution in [0.4, 0.5) is 10.5 Å². The Hall–Kier alpha value is -1.80. The fourth-order valence-corrected chi connectivity index (χ4v) is 6.59. The first kappa shape index (κ1) is 25.8. The summed E-state index contributed by atoms with van der Waals surface area (Å²) in [5, 5.41) is 4.81. The van der Waals surface area contributed by atoms with E-state index in [4.69, 9.17) is 46.4 Å². The lowest BCUT2D eigenvalue weighted by Crippen LogP contribution is -2.47. The Labute approximate surface area is 234 Å². The molecule has 1 aromatic heterocycles. The molecule has 2 aromatic carbocycles. The quantitative estimate of drug-likeness (QED) is 0.339. The van der Waals surface area contributed by atoms with Gasteiger partial charge in [0.2, 0.25) is 0 Å². The number of hydrogen-bond donors (Lipinski definition) is 1. The van der Waals surface area contributed by atoms with Crippen molar-refractivity contribution in [2.45, 2.75) is 24.8 Å². The zero-order chi connectivity index (χ0) is 25.3. The van der Waals surface area contributed by atoms with Crippen molar-refractivity contribution in [1.82, 2.24) is 15.2 Å². The molecule has 1 spiro atoms. The van der Waals surface area contributed by atoms with Gasteiger partial charge in [-0.15, -0.1) is 11.3 Å². The molecular formula is C26H24Cl4N4OS. The Morgan fingerprint density at radius 3 is 2.53 bits per heavy atom. The van der Waals surface area contributed by atoms with Crippen LogP contribution >= 0.6 is 57.7 Å². The standard InChI is InChI=1S/C26H24Cl4N4OS/c27-18-5-3-17(4-6-18)2-1-11-33-12-9-26(10-13-33)16-34(21-8-7-20(28)23(29)22(21)26)25(35)32-15-19-14-31-24(30)36-19/h1-8,14H,9-13,15-16H2,(H,32,35)/b2-1+. The molecule has 3 aromatic rings. The minimum Gasteiger partial charge on any atom is -0.333 e. The highest BCUT2D eigenvalue weighted by molar-refractivity contribution is 7.15. The van der Waals surface area contributed by atoms with Crippen molar-refractivity contribution in [3.05, 3.63) is 84.2 Å². The molecule has 0 saturated carbocycles. The largest absolute Gasteiger partial charge is 0.333 e. The number of nitrogens with zero attached hydrogens (tertiary/aromatic N) is 3. The summed E-state index contributed by atoms with van der Waals surface area (Å²) in [6.45, 7) is 3.61. The Morgan fingerprint density at radius 2 is 1.83 bits per heavy atom. The number of halogens is 4. The number of carbonyl (C=O) groups is 1. The number of hydrogen-bond acceptors (Lipinski definition) is 4. The monoisotopic (exact) mass is 580 g/mol. The average molecular weight is 582 g/mol. The van der Waals surface area contributed by atoms with Crippen LogP contribution in [-0.2, 0) is 12.0 Å². The lowest BCUT2D eigenvalue weighted by Gasteiger charge is -2.39. The number of carbonyl (C=O) groups excluding carboxylic acids is 1. The Kier molecular flexibility index (Phi) is 7.82. The van der Waals surface area contributed by atoms with E-state index in [1.807, 2.05) is 30.3 Å². The number of likely N-dealkylation sites (tertiary alicyclic amines) is 1. The molecule has 0 bridgehead atoms. The van der Waals surface area contributed by atoms with Gasteiger partial charge in [-0.2, -0.15) is 0 Å². The van der Waals surface area contributed by atoms with Crippen LogP contribution < -0.4 is 10.2 Å². The van der Waals surface area contributed by atoms with E-state index in [2.05, 4.69) is 27.4 Å². The summed E-state index contributed by atoms with van der Waals surface area (Å²) in [7, 11) is 0. The number of rotatable bonds is 5. The van der Waals surface area contributed by atoms with Gasteiger partial charge in [-0.05, 0) is 55.8 Å². The lowest BCUT2D eigenvalue weighted by molar-refractivity contribution is 0.180. The maximum Gasteiger partial charge on any atom is 0.322 e. The highest BCUT2D eigenvalue weighted by atomic mass is 35.5. The summed E-state index contributed by atoms with van der Waals surface area (Å²) in [5.74, 6) is 0. The SMILES string of the molecule is O=C(NCc1cnc(Cl)s1)N1CC2(CCN(C/C=C/c3ccc(Cl)cc3)CC2)c2c1ccc(Cl)c2Cl. The number of aromatic nitrogens is 1. The van der Waals surface area contributed by atoms with Gasteiger partial charge in [-0.1, -0.05) is 70.7 Å². The van der Waals surface area contributed by atoms with E-state index in [0.29, 0.717) is 27.6 Å². The number of fused-ring (bicyclic) bond motifs is 2. The molecule has 0 atom stereocenters. The van der Waals surface area contributed by atoms with Crippen LogP contribution in [0.15, 0.2) is 48.7 Å². The molecule has 10 heteroatoms. The minimum atomic E-state index is -0.223. The van der Waals surface area contributed by atoms with Crippen molar-refractivity contribution in [1.29, 1.82) is 0 Å². The Balaban J connectivity index is 1.28. The number of piperidine rings is 1. The number of anilines is 1. The first-order chi connectivity index (χ1) is 17.3. The van der Waals surface area contributed by atoms with Crippen LogP contribution in [0.3, 0.4) is 0 Å². The third-order valence-corrected chi connectivity index (χ3v) is 9.07.